The second-order valence-corrected chi connectivity index (χ2v) is 7.90. The summed E-state index contributed by atoms with van der Waals surface area (Å²) >= 11 is 1.70. The molecule has 1 aliphatic rings. The lowest BCUT2D eigenvalue weighted by molar-refractivity contribution is 0.0724. The van der Waals surface area contributed by atoms with Crippen LogP contribution in [0.5, 0.6) is 0 Å². The zero-order valence-corrected chi connectivity index (χ0v) is 16.3. The fraction of sp³-hybridized carbons (Fsp3) is 0.318. The number of hydrogen-bond acceptors (Lipinski definition) is 4. The van der Waals surface area contributed by atoms with Crippen LogP contribution in [-0.4, -0.2) is 33.9 Å². The number of benzene rings is 2. The van der Waals surface area contributed by atoms with Crippen molar-refractivity contribution in [3.63, 3.8) is 0 Å². The highest BCUT2D eigenvalue weighted by atomic mass is 32.2. The molecule has 0 spiro atoms. The summed E-state index contributed by atoms with van der Waals surface area (Å²) in [4.78, 5) is 23.9. The lowest BCUT2D eigenvalue weighted by atomic mass is 10.1. The first kappa shape index (κ1) is 18.0. The van der Waals surface area contributed by atoms with Crippen molar-refractivity contribution in [3.8, 4) is 0 Å². The van der Waals surface area contributed by atoms with Crippen molar-refractivity contribution in [2.45, 2.75) is 37.0 Å². The van der Waals surface area contributed by atoms with Gasteiger partial charge >= 0.3 is 0 Å². The monoisotopic (exact) mass is 377 g/mol. The highest BCUT2D eigenvalue weighted by Gasteiger charge is 2.18. The summed E-state index contributed by atoms with van der Waals surface area (Å²) in [7, 11) is 0. The lowest BCUT2D eigenvalue weighted by Crippen LogP contribution is -2.35. The van der Waals surface area contributed by atoms with E-state index in [0.717, 1.165) is 64.6 Å². The molecule has 4 nitrogen and oxygen atoms in total. The third-order valence-electron chi connectivity index (χ3n) is 4.87. The third-order valence-corrected chi connectivity index (χ3v) is 5.94. The molecule has 0 aliphatic carbocycles. The van der Waals surface area contributed by atoms with Crippen LogP contribution in [0.4, 0.5) is 0 Å². The molecule has 0 unspecified atom stereocenters. The van der Waals surface area contributed by atoms with Crippen molar-refractivity contribution < 1.29 is 4.79 Å². The molecule has 1 fully saturated rings. The van der Waals surface area contributed by atoms with Crippen molar-refractivity contribution in [3.05, 3.63) is 65.5 Å². The Labute approximate surface area is 164 Å². The fourth-order valence-electron chi connectivity index (χ4n) is 3.49. The highest BCUT2D eigenvalue weighted by Crippen LogP contribution is 2.28. The van der Waals surface area contributed by atoms with Gasteiger partial charge in [0.25, 0.3) is 5.91 Å². The van der Waals surface area contributed by atoms with Gasteiger partial charge in [-0.05, 0) is 49.9 Å². The van der Waals surface area contributed by atoms with E-state index in [-0.39, 0.29) is 5.91 Å². The number of rotatable bonds is 4. The molecular weight excluding hydrogens is 354 g/mol. The third kappa shape index (κ3) is 4.14. The van der Waals surface area contributed by atoms with E-state index >= 15 is 0 Å². The Hall–Kier alpha value is -2.40. The van der Waals surface area contributed by atoms with Crippen LogP contribution in [0.1, 0.15) is 41.0 Å². The average molecular weight is 378 g/mol. The predicted molar refractivity (Wildman–Crippen MR) is 110 cm³/mol. The van der Waals surface area contributed by atoms with Gasteiger partial charge in [0.15, 0.2) is 0 Å². The normalized spacial score (nSPS) is 14.5. The van der Waals surface area contributed by atoms with Gasteiger partial charge in [-0.25, -0.2) is 9.97 Å². The van der Waals surface area contributed by atoms with E-state index in [0.29, 0.717) is 0 Å². The Morgan fingerprint density at radius 1 is 1.04 bits per heavy atom. The minimum Gasteiger partial charge on any atom is -0.339 e. The number of aryl methyl sites for hydroxylation is 1. The molecule has 0 atom stereocenters. The molecule has 1 saturated heterocycles. The molecule has 0 N–H and O–H groups in total. The van der Waals surface area contributed by atoms with Gasteiger partial charge in [-0.1, -0.05) is 30.3 Å². The molecule has 5 heteroatoms. The van der Waals surface area contributed by atoms with Crippen LogP contribution in [0.15, 0.2) is 53.6 Å². The molecule has 1 amide bonds. The number of fused-ring (bicyclic) bond motifs is 1. The highest BCUT2D eigenvalue weighted by molar-refractivity contribution is 7.98. The summed E-state index contributed by atoms with van der Waals surface area (Å²) in [5, 5.41) is 2.07. The molecule has 2 aromatic carbocycles. The first-order valence-electron chi connectivity index (χ1n) is 9.45. The van der Waals surface area contributed by atoms with Crippen LogP contribution in [0.2, 0.25) is 0 Å². The van der Waals surface area contributed by atoms with Crippen LogP contribution in [0, 0.1) is 6.92 Å². The Bertz CT molecular complexity index is 967. The van der Waals surface area contributed by atoms with E-state index in [4.69, 9.17) is 0 Å². The van der Waals surface area contributed by atoms with Crippen LogP contribution in [-0.2, 0) is 5.75 Å². The number of piperidine rings is 1. The van der Waals surface area contributed by atoms with Crippen molar-refractivity contribution in [2.75, 3.05) is 13.1 Å². The van der Waals surface area contributed by atoms with E-state index in [1.807, 2.05) is 48.2 Å². The molecule has 27 heavy (non-hydrogen) atoms. The van der Waals surface area contributed by atoms with Gasteiger partial charge in [-0.2, -0.15) is 0 Å². The number of hydrogen-bond donors (Lipinski definition) is 0. The molecule has 0 bridgehead atoms. The van der Waals surface area contributed by atoms with Gasteiger partial charge in [-0.15, -0.1) is 11.8 Å². The minimum atomic E-state index is 0.157. The van der Waals surface area contributed by atoms with Crippen LogP contribution in [0.25, 0.3) is 10.9 Å². The smallest absolute Gasteiger partial charge is 0.253 e. The summed E-state index contributed by atoms with van der Waals surface area (Å²) in [5.74, 6) is 1.72. The van der Waals surface area contributed by atoms with Crippen molar-refractivity contribution in [1.29, 1.82) is 0 Å². The fourth-order valence-corrected chi connectivity index (χ4v) is 4.50. The van der Waals surface area contributed by atoms with Crippen LogP contribution >= 0.6 is 11.8 Å². The zero-order valence-electron chi connectivity index (χ0n) is 15.5. The summed E-state index contributed by atoms with van der Waals surface area (Å²) in [6, 6.07) is 16.1. The number of nitrogens with zero attached hydrogens (tertiary/aromatic N) is 3. The molecule has 4 rings (SSSR count). The van der Waals surface area contributed by atoms with Gasteiger partial charge in [-0.3, -0.25) is 4.79 Å². The summed E-state index contributed by atoms with van der Waals surface area (Å²) in [6.07, 6.45) is 3.45. The maximum Gasteiger partial charge on any atom is 0.253 e. The molecular formula is C22H23N3OS. The van der Waals surface area contributed by atoms with E-state index in [9.17, 15) is 4.79 Å². The number of para-hydroxylation sites is 1. The van der Waals surface area contributed by atoms with Crippen LogP contribution in [0.3, 0.4) is 0 Å². The number of aromatic nitrogens is 2. The largest absolute Gasteiger partial charge is 0.339 e. The molecule has 0 saturated carbocycles. The Kier molecular flexibility index (Phi) is 5.39. The maximum atomic E-state index is 12.7. The first-order valence-corrected chi connectivity index (χ1v) is 10.4. The van der Waals surface area contributed by atoms with Crippen molar-refractivity contribution >= 4 is 28.6 Å². The Morgan fingerprint density at radius 2 is 1.85 bits per heavy atom. The van der Waals surface area contributed by atoms with Gasteiger partial charge in [0.05, 0.1) is 5.52 Å². The number of carbonyl (C=O) groups is 1. The number of amides is 1. The summed E-state index contributed by atoms with van der Waals surface area (Å²) < 4.78 is 0. The number of carbonyl (C=O) groups excluding carboxylic acids is 1. The second-order valence-electron chi connectivity index (χ2n) is 6.94. The quantitative estimate of drug-likeness (QED) is 0.481. The van der Waals surface area contributed by atoms with Gasteiger partial charge in [0.1, 0.15) is 10.9 Å². The van der Waals surface area contributed by atoms with Gasteiger partial charge in [0, 0.05) is 29.8 Å². The molecule has 1 aromatic heterocycles. The standard InChI is InChI=1S/C22H23N3OS/c1-16-23-20-11-4-3-10-19(20)21(24-16)27-15-17-8-7-9-18(14-17)22(26)25-12-5-2-6-13-25/h3-4,7-11,14H,2,5-6,12-13,15H2,1H3. The SMILES string of the molecule is Cc1nc(SCc2cccc(C(=O)N3CCCCC3)c2)c2ccccc2n1. The van der Waals surface area contributed by atoms with Gasteiger partial charge < -0.3 is 4.90 Å². The van der Waals surface area contributed by atoms with Gasteiger partial charge in [0.2, 0.25) is 0 Å². The Balaban J connectivity index is 1.52. The first-order chi connectivity index (χ1) is 13.2. The molecule has 0 radical (unpaired) electrons. The molecule has 1 aliphatic heterocycles. The predicted octanol–water partition coefficient (Wildman–Crippen LogP) is 4.86. The number of likely N-dealkylation sites (tertiary alicyclic amines) is 1. The second kappa shape index (κ2) is 8.09. The zero-order chi connectivity index (χ0) is 18.6. The lowest BCUT2D eigenvalue weighted by Gasteiger charge is -2.26. The topological polar surface area (TPSA) is 46.1 Å². The van der Waals surface area contributed by atoms with Crippen molar-refractivity contribution in [2.24, 2.45) is 0 Å². The number of thioether (sulfide) groups is 1. The molecule has 2 heterocycles. The van der Waals surface area contributed by atoms with Crippen LogP contribution < -0.4 is 0 Å². The maximum absolute atomic E-state index is 12.7. The van der Waals surface area contributed by atoms with E-state index in [2.05, 4.69) is 22.1 Å². The van der Waals surface area contributed by atoms with E-state index in [1.54, 1.807) is 11.8 Å². The minimum absolute atomic E-state index is 0.157. The van der Waals surface area contributed by atoms with Crippen molar-refractivity contribution in [1.82, 2.24) is 14.9 Å². The van der Waals surface area contributed by atoms with E-state index in [1.165, 1.54) is 6.42 Å². The average Bonchev–Trinajstić information content (AvgIpc) is 2.72. The molecule has 138 valence electrons. The Morgan fingerprint density at radius 3 is 2.70 bits per heavy atom. The summed E-state index contributed by atoms with van der Waals surface area (Å²) in [5.41, 5.74) is 2.91. The summed E-state index contributed by atoms with van der Waals surface area (Å²) in [6.45, 7) is 3.68. The van der Waals surface area contributed by atoms with E-state index < -0.39 is 0 Å². The molecule has 3 aromatic rings.